The van der Waals surface area contributed by atoms with E-state index in [2.05, 4.69) is 20.6 Å². The van der Waals surface area contributed by atoms with Gasteiger partial charge in [0.15, 0.2) is 5.13 Å². The highest BCUT2D eigenvalue weighted by Crippen LogP contribution is 2.20. The van der Waals surface area contributed by atoms with Crippen LogP contribution in [0.2, 0.25) is 0 Å². The average Bonchev–Trinajstić information content (AvgIpc) is 3.33. The molecule has 4 aromatic rings. The quantitative estimate of drug-likeness (QED) is 0.512. The number of aromatic amines is 1. The molecule has 0 aliphatic rings. The number of benzene rings is 1. The van der Waals surface area contributed by atoms with Crippen molar-refractivity contribution in [3.63, 3.8) is 0 Å². The van der Waals surface area contributed by atoms with Crippen LogP contribution < -0.4 is 10.6 Å². The first-order valence-electron chi connectivity index (χ1n) is 7.38. The van der Waals surface area contributed by atoms with Crippen molar-refractivity contribution in [1.29, 1.82) is 0 Å². The van der Waals surface area contributed by atoms with Crippen molar-refractivity contribution >= 4 is 39.0 Å². The largest absolute Gasteiger partial charge is 0.467 e. The monoisotopic (exact) mass is 338 g/mol. The lowest BCUT2D eigenvalue weighted by atomic mass is 10.2. The van der Waals surface area contributed by atoms with Crippen molar-refractivity contribution in [2.45, 2.75) is 6.54 Å². The maximum atomic E-state index is 12.3. The molecule has 3 N–H and O–H groups in total. The van der Waals surface area contributed by atoms with Crippen molar-refractivity contribution in [1.82, 2.24) is 9.97 Å². The van der Waals surface area contributed by atoms with Crippen LogP contribution in [0.3, 0.4) is 0 Å². The summed E-state index contributed by atoms with van der Waals surface area (Å²) >= 11 is 1.38. The Bertz CT molecular complexity index is 971. The van der Waals surface area contributed by atoms with Gasteiger partial charge < -0.3 is 20.0 Å². The molecule has 0 bridgehead atoms. The first kappa shape index (κ1) is 14.5. The minimum Gasteiger partial charge on any atom is -0.467 e. The third-order valence-electron chi connectivity index (χ3n) is 3.54. The van der Waals surface area contributed by atoms with Crippen molar-refractivity contribution in [2.75, 3.05) is 10.6 Å². The molecule has 0 fully saturated rings. The van der Waals surface area contributed by atoms with E-state index >= 15 is 0 Å². The van der Waals surface area contributed by atoms with Crippen LogP contribution in [0.15, 0.2) is 58.7 Å². The summed E-state index contributed by atoms with van der Waals surface area (Å²) in [7, 11) is 0. The summed E-state index contributed by atoms with van der Waals surface area (Å²) in [5, 5.41) is 9.51. The van der Waals surface area contributed by atoms with E-state index in [1.807, 2.05) is 42.6 Å². The van der Waals surface area contributed by atoms with E-state index in [1.165, 1.54) is 11.3 Å². The SMILES string of the molecule is O=C(Nc1ccc2cc[nH]c2c1)c1csc(NCc2ccco2)n1. The fraction of sp³-hybridized carbons (Fsp3) is 0.0588. The van der Waals surface area contributed by atoms with E-state index in [0.29, 0.717) is 17.4 Å². The molecule has 0 aliphatic carbocycles. The Balaban J connectivity index is 1.42. The van der Waals surface area contributed by atoms with Crippen LogP contribution in [0.1, 0.15) is 16.2 Å². The van der Waals surface area contributed by atoms with E-state index in [-0.39, 0.29) is 5.91 Å². The molecule has 0 saturated carbocycles. The van der Waals surface area contributed by atoms with E-state index < -0.39 is 0 Å². The van der Waals surface area contributed by atoms with Crippen LogP contribution in [-0.4, -0.2) is 15.9 Å². The summed E-state index contributed by atoms with van der Waals surface area (Å²) in [6.07, 6.45) is 3.49. The molecular weight excluding hydrogens is 324 g/mol. The Labute approximate surface area is 141 Å². The molecule has 0 aliphatic heterocycles. The molecule has 0 atom stereocenters. The predicted octanol–water partition coefficient (Wildman–Crippen LogP) is 4.08. The van der Waals surface area contributed by atoms with Crippen LogP contribution in [0.4, 0.5) is 10.8 Å². The van der Waals surface area contributed by atoms with Crippen molar-refractivity contribution in [3.05, 3.63) is 65.7 Å². The number of fused-ring (bicyclic) bond motifs is 1. The average molecular weight is 338 g/mol. The molecule has 0 saturated heterocycles. The fourth-order valence-corrected chi connectivity index (χ4v) is 3.05. The summed E-state index contributed by atoms with van der Waals surface area (Å²) in [6, 6.07) is 11.4. The van der Waals surface area contributed by atoms with Gasteiger partial charge in [-0.2, -0.15) is 0 Å². The smallest absolute Gasteiger partial charge is 0.275 e. The normalized spacial score (nSPS) is 10.8. The van der Waals surface area contributed by atoms with E-state index in [1.54, 1.807) is 11.6 Å². The Morgan fingerprint density at radius 3 is 3.12 bits per heavy atom. The van der Waals surface area contributed by atoms with Gasteiger partial charge in [0.25, 0.3) is 5.91 Å². The maximum Gasteiger partial charge on any atom is 0.275 e. The Hall–Kier alpha value is -3.06. The van der Waals surface area contributed by atoms with E-state index in [4.69, 9.17) is 4.42 Å². The van der Waals surface area contributed by atoms with Crippen molar-refractivity contribution < 1.29 is 9.21 Å². The summed E-state index contributed by atoms with van der Waals surface area (Å²) < 4.78 is 5.25. The molecule has 120 valence electrons. The Morgan fingerprint density at radius 2 is 2.25 bits per heavy atom. The molecule has 7 heteroatoms. The van der Waals surface area contributed by atoms with Crippen LogP contribution in [0.25, 0.3) is 10.9 Å². The molecule has 1 aromatic carbocycles. The third kappa shape index (κ3) is 3.02. The van der Waals surface area contributed by atoms with Crippen molar-refractivity contribution in [3.8, 4) is 0 Å². The number of hydrogen-bond donors (Lipinski definition) is 3. The first-order chi connectivity index (χ1) is 11.8. The first-order valence-corrected chi connectivity index (χ1v) is 8.26. The number of rotatable bonds is 5. The lowest BCUT2D eigenvalue weighted by Gasteiger charge is -2.03. The van der Waals surface area contributed by atoms with Gasteiger partial charge in [-0.25, -0.2) is 4.98 Å². The Kier molecular flexibility index (Phi) is 3.76. The number of furan rings is 1. The molecule has 3 heterocycles. The zero-order chi connectivity index (χ0) is 16.4. The van der Waals surface area contributed by atoms with E-state index in [9.17, 15) is 4.79 Å². The predicted molar refractivity (Wildman–Crippen MR) is 94.4 cm³/mol. The van der Waals surface area contributed by atoms with Gasteiger partial charge in [0.1, 0.15) is 11.5 Å². The second kappa shape index (κ2) is 6.21. The number of H-pyrrole nitrogens is 1. The van der Waals surface area contributed by atoms with Crippen LogP contribution in [0.5, 0.6) is 0 Å². The number of nitrogens with one attached hydrogen (secondary N) is 3. The van der Waals surface area contributed by atoms with Gasteiger partial charge in [0.2, 0.25) is 0 Å². The van der Waals surface area contributed by atoms with Gasteiger partial charge >= 0.3 is 0 Å². The molecule has 3 aromatic heterocycles. The summed E-state index contributed by atoms with van der Waals surface area (Å²) in [6.45, 7) is 0.533. The number of amides is 1. The zero-order valence-corrected chi connectivity index (χ0v) is 13.4. The molecule has 1 amide bonds. The molecule has 4 rings (SSSR count). The van der Waals surface area contributed by atoms with Crippen LogP contribution in [0, 0.1) is 0 Å². The number of carbonyl (C=O) groups is 1. The highest BCUT2D eigenvalue weighted by Gasteiger charge is 2.11. The number of aromatic nitrogens is 2. The van der Waals surface area contributed by atoms with Gasteiger partial charge in [-0.1, -0.05) is 6.07 Å². The number of nitrogens with zero attached hydrogens (tertiary/aromatic N) is 1. The lowest BCUT2D eigenvalue weighted by Crippen LogP contribution is -2.12. The summed E-state index contributed by atoms with van der Waals surface area (Å²) in [5.41, 5.74) is 2.09. The molecule has 0 unspecified atom stereocenters. The van der Waals surface area contributed by atoms with Gasteiger partial charge in [-0.3, -0.25) is 4.79 Å². The van der Waals surface area contributed by atoms with Gasteiger partial charge in [-0.05, 0) is 35.7 Å². The van der Waals surface area contributed by atoms with Crippen LogP contribution >= 0.6 is 11.3 Å². The standard InChI is InChI=1S/C17H14N4O2S/c22-16(20-12-4-3-11-5-6-18-14(11)8-12)15-10-24-17(21-15)19-9-13-2-1-7-23-13/h1-8,10,18H,9H2,(H,19,21)(H,20,22). The zero-order valence-electron chi connectivity index (χ0n) is 12.6. The summed E-state index contributed by atoms with van der Waals surface area (Å²) in [4.78, 5) is 19.7. The topological polar surface area (TPSA) is 83.0 Å². The van der Waals surface area contributed by atoms with Crippen molar-refractivity contribution in [2.24, 2.45) is 0 Å². The molecule has 24 heavy (non-hydrogen) atoms. The molecule has 0 radical (unpaired) electrons. The Morgan fingerprint density at radius 1 is 1.29 bits per heavy atom. The highest BCUT2D eigenvalue weighted by atomic mass is 32.1. The minimum absolute atomic E-state index is 0.233. The molecule has 6 nitrogen and oxygen atoms in total. The second-order valence-electron chi connectivity index (χ2n) is 5.20. The fourth-order valence-electron chi connectivity index (χ4n) is 2.36. The van der Waals surface area contributed by atoms with Gasteiger partial charge in [-0.15, -0.1) is 11.3 Å². The maximum absolute atomic E-state index is 12.3. The number of anilines is 2. The summed E-state index contributed by atoms with van der Waals surface area (Å²) in [5.74, 6) is 0.582. The third-order valence-corrected chi connectivity index (χ3v) is 4.34. The van der Waals surface area contributed by atoms with Crippen LogP contribution in [-0.2, 0) is 6.54 Å². The van der Waals surface area contributed by atoms with Gasteiger partial charge in [0, 0.05) is 22.8 Å². The molecule has 0 spiro atoms. The van der Waals surface area contributed by atoms with E-state index in [0.717, 1.165) is 22.4 Å². The minimum atomic E-state index is -0.233. The molecular formula is C17H14N4O2S. The highest BCUT2D eigenvalue weighted by molar-refractivity contribution is 7.13. The lowest BCUT2D eigenvalue weighted by molar-refractivity contribution is 0.102. The van der Waals surface area contributed by atoms with Gasteiger partial charge in [0.05, 0.1) is 12.8 Å². The number of carbonyl (C=O) groups excluding carboxylic acids is 1. The number of thiazole rings is 1. The number of hydrogen-bond acceptors (Lipinski definition) is 5. The second-order valence-corrected chi connectivity index (χ2v) is 6.06.